The number of aliphatic carboxylic acids is 1. The Hall–Kier alpha value is -1.30. The Morgan fingerprint density at radius 1 is 1.33 bits per heavy atom. The van der Waals surface area contributed by atoms with E-state index in [2.05, 4.69) is 5.32 Å². The first-order valence-electron chi connectivity index (χ1n) is 5.98. The van der Waals surface area contributed by atoms with Gasteiger partial charge in [-0.3, -0.25) is 0 Å². The van der Waals surface area contributed by atoms with Gasteiger partial charge in [-0.15, -0.1) is 0 Å². The van der Waals surface area contributed by atoms with Gasteiger partial charge in [-0.1, -0.05) is 20.8 Å². The maximum absolute atomic E-state index is 11.8. The summed E-state index contributed by atoms with van der Waals surface area (Å²) < 4.78 is 0. The van der Waals surface area contributed by atoms with Crippen molar-refractivity contribution in [3.63, 3.8) is 0 Å². The molecule has 0 aromatic heterocycles. The zero-order valence-corrected chi connectivity index (χ0v) is 11.7. The van der Waals surface area contributed by atoms with E-state index in [-0.39, 0.29) is 0 Å². The van der Waals surface area contributed by atoms with E-state index >= 15 is 0 Å². The third kappa shape index (κ3) is 5.86. The number of urea groups is 1. The van der Waals surface area contributed by atoms with Gasteiger partial charge in [-0.05, 0) is 18.8 Å². The molecule has 0 heterocycles. The van der Waals surface area contributed by atoms with E-state index in [9.17, 15) is 9.59 Å². The molecule has 0 fully saturated rings. The van der Waals surface area contributed by atoms with Crippen LogP contribution in [0.4, 0.5) is 4.79 Å². The molecular weight excluding hydrogens is 236 g/mol. The number of amides is 2. The highest BCUT2D eigenvalue weighted by Crippen LogP contribution is 2.19. The van der Waals surface area contributed by atoms with Crippen LogP contribution in [0.3, 0.4) is 0 Å². The summed E-state index contributed by atoms with van der Waals surface area (Å²) in [5.74, 6) is -1.06. The Bertz CT molecular complexity index is 297. The number of nitrogens with zero attached hydrogens (tertiary/aromatic N) is 1. The standard InChI is InChI=1S/C12H24N2O4/c1-8(15)6-7-14(5)11(18)13-9(10(16)17)12(2,3)4/h8-9,15H,6-7H2,1-5H3,(H,13,18)(H,16,17). The van der Waals surface area contributed by atoms with E-state index in [4.69, 9.17) is 10.2 Å². The fraction of sp³-hybridized carbons (Fsp3) is 0.833. The van der Waals surface area contributed by atoms with Gasteiger partial charge in [0.1, 0.15) is 6.04 Å². The molecule has 0 aliphatic carbocycles. The zero-order valence-electron chi connectivity index (χ0n) is 11.7. The maximum atomic E-state index is 11.8. The summed E-state index contributed by atoms with van der Waals surface area (Å²) in [7, 11) is 1.57. The molecule has 18 heavy (non-hydrogen) atoms. The van der Waals surface area contributed by atoms with E-state index < -0.39 is 29.6 Å². The van der Waals surface area contributed by atoms with Crippen LogP contribution in [-0.4, -0.2) is 52.9 Å². The van der Waals surface area contributed by atoms with Crippen molar-refractivity contribution in [1.82, 2.24) is 10.2 Å². The van der Waals surface area contributed by atoms with E-state index in [1.807, 2.05) is 0 Å². The van der Waals surface area contributed by atoms with Crippen LogP contribution < -0.4 is 5.32 Å². The molecule has 0 spiro atoms. The minimum atomic E-state index is -1.06. The molecule has 0 aromatic carbocycles. The van der Waals surface area contributed by atoms with Gasteiger partial charge in [-0.25, -0.2) is 9.59 Å². The van der Waals surface area contributed by atoms with Crippen LogP contribution >= 0.6 is 0 Å². The van der Waals surface area contributed by atoms with Crippen molar-refractivity contribution in [2.24, 2.45) is 5.41 Å². The lowest BCUT2D eigenvalue weighted by atomic mass is 9.87. The molecule has 0 saturated carbocycles. The third-order valence-corrected chi connectivity index (χ3v) is 2.61. The number of carbonyl (C=O) groups excluding carboxylic acids is 1. The van der Waals surface area contributed by atoms with Gasteiger partial charge in [0.05, 0.1) is 6.10 Å². The van der Waals surface area contributed by atoms with Crippen LogP contribution in [0.15, 0.2) is 0 Å². The number of carboxylic acid groups (broad SMARTS) is 1. The Morgan fingerprint density at radius 3 is 2.17 bits per heavy atom. The smallest absolute Gasteiger partial charge is 0.326 e. The highest BCUT2D eigenvalue weighted by Gasteiger charge is 2.33. The molecule has 2 amide bonds. The number of nitrogens with one attached hydrogen (secondary N) is 1. The van der Waals surface area contributed by atoms with E-state index in [1.54, 1.807) is 34.7 Å². The van der Waals surface area contributed by atoms with Gasteiger partial charge in [0.2, 0.25) is 0 Å². The van der Waals surface area contributed by atoms with Crippen molar-refractivity contribution in [2.75, 3.05) is 13.6 Å². The first-order valence-corrected chi connectivity index (χ1v) is 5.98. The summed E-state index contributed by atoms with van der Waals surface area (Å²) in [5.41, 5.74) is -0.563. The lowest BCUT2D eigenvalue weighted by Gasteiger charge is -2.29. The van der Waals surface area contributed by atoms with Crippen molar-refractivity contribution in [1.29, 1.82) is 0 Å². The molecule has 0 aromatic rings. The second-order valence-corrected chi connectivity index (χ2v) is 5.65. The van der Waals surface area contributed by atoms with Crippen LogP contribution in [-0.2, 0) is 4.79 Å². The Balaban J connectivity index is 4.47. The molecule has 0 saturated heterocycles. The second kappa shape index (κ2) is 6.58. The summed E-state index contributed by atoms with van der Waals surface area (Å²) in [4.78, 5) is 24.3. The molecule has 0 aliphatic heterocycles. The molecular formula is C12H24N2O4. The van der Waals surface area contributed by atoms with Crippen molar-refractivity contribution in [3.05, 3.63) is 0 Å². The van der Waals surface area contributed by atoms with Gasteiger partial charge < -0.3 is 20.4 Å². The number of hydrogen-bond donors (Lipinski definition) is 3. The lowest BCUT2D eigenvalue weighted by Crippen LogP contribution is -2.52. The van der Waals surface area contributed by atoms with Crippen molar-refractivity contribution >= 4 is 12.0 Å². The summed E-state index contributed by atoms with van der Waals surface area (Å²) in [6.07, 6.45) is -0.0323. The molecule has 0 bridgehead atoms. The molecule has 106 valence electrons. The molecule has 3 N–H and O–H groups in total. The molecule has 2 atom stereocenters. The minimum absolute atomic E-state index is 0.375. The third-order valence-electron chi connectivity index (χ3n) is 2.61. The molecule has 0 radical (unpaired) electrons. The average molecular weight is 260 g/mol. The second-order valence-electron chi connectivity index (χ2n) is 5.65. The van der Waals surface area contributed by atoms with Crippen molar-refractivity contribution in [3.8, 4) is 0 Å². The van der Waals surface area contributed by atoms with Crippen LogP contribution in [0, 0.1) is 5.41 Å². The number of aliphatic hydroxyl groups excluding tert-OH is 1. The minimum Gasteiger partial charge on any atom is -0.480 e. The van der Waals surface area contributed by atoms with Gasteiger partial charge in [0.25, 0.3) is 0 Å². The van der Waals surface area contributed by atoms with Gasteiger partial charge >= 0.3 is 12.0 Å². The van der Waals surface area contributed by atoms with Crippen molar-refractivity contribution in [2.45, 2.75) is 46.3 Å². The van der Waals surface area contributed by atoms with E-state index in [0.717, 1.165) is 0 Å². The Labute approximate surface area is 108 Å². The van der Waals surface area contributed by atoms with E-state index in [1.165, 1.54) is 4.90 Å². The topological polar surface area (TPSA) is 89.9 Å². The molecule has 0 aliphatic rings. The lowest BCUT2D eigenvalue weighted by molar-refractivity contribution is -0.142. The fourth-order valence-electron chi connectivity index (χ4n) is 1.36. The van der Waals surface area contributed by atoms with Crippen molar-refractivity contribution < 1.29 is 19.8 Å². The molecule has 6 heteroatoms. The predicted octanol–water partition coefficient (Wildman–Crippen LogP) is 0.898. The summed E-state index contributed by atoms with van der Waals surface area (Å²) >= 11 is 0. The highest BCUT2D eigenvalue weighted by atomic mass is 16.4. The van der Waals surface area contributed by atoms with E-state index in [0.29, 0.717) is 13.0 Å². The Morgan fingerprint density at radius 2 is 1.83 bits per heavy atom. The van der Waals surface area contributed by atoms with Crippen LogP contribution in [0.2, 0.25) is 0 Å². The number of aliphatic hydroxyl groups is 1. The molecule has 2 unspecified atom stereocenters. The largest absolute Gasteiger partial charge is 0.480 e. The average Bonchev–Trinajstić information content (AvgIpc) is 2.19. The van der Waals surface area contributed by atoms with Gasteiger partial charge in [-0.2, -0.15) is 0 Å². The molecule has 6 nitrogen and oxygen atoms in total. The zero-order chi connectivity index (χ0) is 14.5. The number of rotatable bonds is 5. The van der Waals surface area contributed by atoms with Gasteiger partial charge in [0.15, 0.2) is 0 Å². The highest BCUT2D eigenvalue weighted by molar-refractivity contribution is 5.83. The SMILES string of the molecule is CC(O)CCN(C)C(=O)NC(C(=O)O)C(C)(C)C. The first-order chi connectivity index (χ1) is 8.05. The predicted molar refractivity (Wildman–Crippen MR) is 68.3 cm³/mol. The number of hydrogen-bond acceptors (Lipinski definition) is 3. The number of carboxylic acids is 1. The summed E-state index contributed by atoms with van der Waals surface area (Å²) in [6, 6.07) is -1.39. The Kier molecular flexibility index (Phi) is 6.11. The van der Waals surface area contributed by atoms with Crippen LogP contribution in [0.5, 0.6) is 0 Å². The van der Waals surface area contributed by atoms with Gasteiger partial charge in [0, 0.05) is 13.6 Å². The normalized spacial score (nSPS) is 14.8. The summed E-state index contributed by atoms with van der Waals surface area (Å²) in [5, 5.41) is 20.7. The quantitative estimate of drug-likeness (QED) is 0.685. The summed E-state index contributed by atoms with van der Waals surface area (Å²) in [6.45, 7) is 7.27. The molecule has 0 rings (SSSR count). The number of carbonyl (C=O) groups is 2. The fourth-order valence-corrected chi connectivity index (χ4v) is 1.36. The first kappa shape index (κ1) is 16.7. The maximum Gasteiger partial charge on any atom is 0.326 e. The monoisotopic (exact) mass is 260 g/mol. The van der Waals surface area contributed by atoms with Crippen LogP contribution in [0.1, 0.15) is 34.1 Å². The van der Waals surface area contributed by atoms with Crippen LogP contribution in [0.25, 0.3) is 0 Å².